The highest BCUT2D eigenvalue weighted by Crippen LogP contribution is 2.13. The summed E-state index contributed by atoms with van der Waals surface area (Å²) in [5.74, 6) is -1.06. The molecule has 0 atom stereocenters. The molecule has 20 heavy (non-hydrogen) atoms. The quantitative estimate of drug-likeness (QED) is 0.837. The van der Waals surface area contributed by atoms with Crippen LogP contribution in [0.2, 0.25) is 5.02 Å². The Balaban J connectivity index is 2.10. The number of halogens is 1. The first kappa shape index (κ1) is 14.1. The van der Waals surface area contributed by atoms with Crippen LogP contribution < -0.4 is 11.1 Å². The Hall–Kier alpha value is -2.35. The number of nitrogens with zero attached hydrogens (tertiary/aromatic N) is 4. The molecule has 0 fully saturated rings. The number of rotatable bonds is 5. The topological polar surface area (TPSA) is 108 Å². The number of primary amides is 1. The first-order chi connectivity index (χ1) is 9.49. The van der Waals surface area contributed by atoms with Crippen molar-refractivity contribution in [3.05, 3.63) is 29.3 Å². The average molecular weight is 297 g/mol. The third kappa shape index (κ3) is 3.15. The maximum Gasteiger partial charge on any atom is 0.271 e. The van der Waals surface area contributed by atoms with Crippen molar-refractivity contribution in [3.63, 3.8) is 0 Å². The van der Waals surface area contributed by atoms with Crippen LogP contribution in [0.1, 0.15) is 17.4 Å². The largest absolute Gasteiger partial charge is 0.364 e. The molecule has 2 heterocycles. The van der Waals surface area contributed by atoms with Gasteiger partial charge in [0.2, 0.25) is 5.91 Å². The molecule has 0 bridgehead atoms. The van der Waals surface area contributed by atoms with Gasteiger partial charge in [-0.05, 0) is 6.92 Å². The highest BCUT2D eigenvalue weighted by molar-refractivity contribution is 6.30. The van der Waals surface area contributed by atoms with Gasteiger partial charge in [-0.25, -0.2) is 0 Å². The van der Waals surface area contributed by atoms with Gasteiger partial charge in [0.05, 0.1) is 16.9 Å². The SMILES string of the molecule is CCn1cc(NC(=O)Cn2cc(Cl)cn2)c(C(N)=O)n1. The summed E-state index contributed by atoms with van der Waals surface area (Å²) >= 11 is 5.70. The van der Waals surface area contributed by atoms with Crippen molar-refractivity contribution in [2.45, 2.75) is 20.0 Å². The molecule has 106 valence electrons. The van der Waals surface area contributed by atoms with Crippen LogP contribution in [0.4, 0.5) is 5.69 Å². The first-order valence-electron chi connectivity index (χ1n) is 5.84. The minimum absolute atomic E-state index is 0.0256. The lowest BCUT2D eigenvalue weighted by atomic mass is 10.3. The van der Waals surface area contributed by atoms with Crippen LogP contribution in [0.3, 0.4) is 0 Å². The summed E-state index contributed by atoms with van der Waals surface area (Å²) in [5, 5.41) is 10.9. The van der Waals surface area contributed by atoms with Crippen LogP contribution in [0.5, 0.6) is 0 Å². The fourth-order valence-electron chi connectivity index (χ4n) is 1.62. The van der Waals surface area contributed by atoms with Crippen LogP contribution in [0.15, 0.2) is 18.6 Å². The van der Waals surface area contributed by atoms with Crippen molar-refractivity contribution in [2.24, 2.45) is 5.73 Å². The van der Waals surface area contributed by atoms with Crippen LogP contribution in [0, 0.1) is 0 Å². The van der Waals surface area contributed by atoms with Gasteiger partial charge in [-0.2, -0.15) is 10.2 Å². The van der Waals surface area contributed by atoms with Crippen molar-refractivity contribution in [1.29, 1.82) is 0 Å². The molecule has 0 radical (unpaired) electrons. The molecule has 9 heteroatoms. The van der Waals surface area contributed by atoms with Gasteiger partial charge in [-0.1, -0.05) is 11.6 Å². The normalized spacial score (nSPS) is 10.5. The van der Waals surface area contributed by atoms with E-state index in [2.05, 4.69) is 15.5 Å². The number of anilines is 1. The van der Waals surface area contributed by atoms with E-state index in [-0.39, 0.29) is 23.8 Å². The predicted molar refractivity (Wildman–Crippen MR) is 72.3 cm³/mol. The van der Waals surface area contributed by atoms with Gasteiger partial charge in [0.1, 0.15) is 6.54 Å². The molecule has 2 amide bonds. The summed E-state index contributed by atoms with van der Waals surface area (Å²) in [7, 11) is 0. The highest BCUT2D eigenvalue weighted by atomic mass is 35.5. The van der Waals surface area contributed by atoms with Crippen molar-refractivity contribution in [2.75, 3.05) is 5.32 Å². The summed E-state index contributed by atoms with van der Waals surface area (Å²) in [5.41, 5.74) is 5.52. The predicted octanol–water partition coefficient (Wildman–Crippen LogP) is 0.490. The molecule has 0 saturated carbocycles. The number of aryl methyl sites for hydroxylation is 1. The number of nitrogens with two attached hydrogens (primary N) is 1. The molecule has 8 nitrogen and oxygen atoms in total. The summed E-state index contributed by atoms with van der Waals surface area (Å²) in [6.07, 6.45) is 4.50. The van der Waals surface area contributed by atoms with Gasteiger partial charge >= 0.3 is 0 Å². The maximum atomic E-state index is 11.9. The average Bonchev–Trinajstić information content (AvgIpc) is 2.95. The molecule has 0 aromatic carbocycles. The molecular formula is C11H13ClN6O2. The second-order valence-corrected chi connectivity index (χ2v) is 4.45. The van der Waals surface area contributed by atoms with Gasteiger partial charge in [-0.3, -0.25) is 19.0 Å². The lowest BCUT2D eigenvalue weighted by Crippen LogP contribution is -2.21. The van der Waals surface area contributed by atoms with E-state index in [4.69, 9.17) is 17.3 Å². The van der Waals surface area contributed by atoms with Crippen LogP contribution in [-0.4, -0.2) is 31.4 Å². The molecule has 0 aliphatic rings. The molecule has 0 aliphatic carbocycles. The number of carbonyl (C=O) groups is 2. The number of amides is 2. The minimum atomic E-state index is -0.699. The summed E-state index contributed by atoms with van der Waals surface area (Å²) in [4.78, 5) is 23.1. The van der Waals surface area contributed by atoms with Crippen molar-refractivity contribution in [3.8, 4) is 0 Å². The van der Waals surface area contributed by atoms with Gasteiger partial charge < -0.3 is 11.1 Å². The first-order valence-corrected chi connectivity index (χ1v) is 6.22. The molecule has 2 aromatic heterocycles. The van der Waals surface area contributed by atoms with Crippen LogP contribution in [0.25, 0.3) is 0 Å². The zero-order chi connectivity index (χ0) is 14.7. The Kier molecular flexibility index (Phi) is 4.04. The third-order valence-electron chi connectivity index (χ3n) is 2.50. The van der Waals surface area contributed by atoms with Gasteiger partial charge in [-0.15, -0.1) is 0 Å². The molecule has 2 rings (SSSR count). The van der Waals surface area contributed by atoms with Crippen molar-refractivity contribution >= 4 is 29.1 Å². The van der Waals surface area contributed by atoms with E-state index in [9.17, 15) is 9.59 Å². The number of aromatic nitrogens is 4. The zero-order valence-corrected chi connectivity index (χ0v) is 11.5. The molecule has 2 aromatic rings. The maximum absolute atomic E-state index is 11.9. The molecular weight excluding hydrogens is 284 g/mol. The Bertz CT molecular complexity index is 647. The Morgan fingerprint density at radius 3 is 2.70 bits per heavy atom. The second-order valence-electron chi connectivity index (χ2n) is 4.02. The molecule has 0 spiro atoms. The van der Waals surface area contributed by atoms with Crippen molar-refractivity contribution < 1.29 is 9.59 Å². The molecule has 0 unspecified atom stereocenters. The Labute approximate surface area is 119 Å². The van der Waals surface area contributed by atoms with E-state index >= 15 is 0 Å². The summed E-state index contributed by atoms with van der Waals surface area (Å²) < 4.78 is 2.90. The Morgan fingerprint density at radius 2 is 2.15 bits per heavy atom. The van der Waals surface area contributed by atoms with Crippen molar-refractivity contribution in [1.82, 2.24) is 19.6 Å². The summed E-state index contributed by atoms with van der Waals surface area (Å²) in [6, 6.07) is 0. The van der Waals surface area contributed by atoms with Crippen LogP contribution in [-0.2, 0) is 17.9 Å². The van der Waals surface area contributed by atoms with Crippen LogP contribution >= 0.6 is 11.6 Å². The summed E-state index contributed by atoms with van der Waals surface area (Å²) in [6.45, 7) is 2.39. The van der Waals surface area contributed by atoms with E-state index in [0.29, 0.717) is 11.6 Å². The standard InChI is InChI=1S/C11H13ClN6O2/c1-2-17-5-8(10(16-17)11(13)20)15-9(19)6-18-4-7(12)3-14-18/h3-5H,2,6H2,1H3,(H2,13,20)(H,15,19). The number of nitrogens with one attached hydrogen (secondary N) is 1. The number of hydrogen-bond acceptors (Lipinski definition) is 4. The van der Waals surface area contributed by atoms with E-state index in [1.807, 2.05) is 6.92 Å². The van der Waals surface area contributed by atoms with E-state index < -0.39 is 5.91 Å². The monoisotopic (exact) mass is 296 g/mol. The molecule has 0 aliphatic heterocycles. The lowest BCUT2D eigenvalue weighted by Gasteiger charge is -2.03. The Morgan fingerprint density at radius 1 is 1.40 bits per heavy atom. The van der Waals surface area contributed by atoms with E-state index in [1.54, 1.807) is 6.20 Å². The fourth-order valence-corrected chi connectivity index (χ4v) is 1.77. The fraction of sp³-hybridized carbons (Fsp3) is 0.273. The minimum Gasteiger partial charge on any atom is -0.364 e. The highest BCUT2D eigenvalue weighted by Gasteiger charge is 2.16. The van der Waals surface area contributed by atoms with Gasteiger partial charge in [0.15, 0.2) is 5.69 Å². The third-order valence-corrected chi connectivity index (χ3v) is 2.70. The van der Waals surface area contributed by atoms with Gasteiger partial charge in [0.25, 0.3) is 5.91 Å². The van der Waals surface area contributed by atoms with E-state index in [0.717, 1.165) is 0 Å². The number of hydrogen-bond donors (Lipinski definition) is 2. The van der Waals surface area contributed by atoms with Gasteiger partial charge in [0, 0.05) is 18.9 Å². The molecule has 0 saturated heterocycles. The van der Waals surface area contributed by atoms with E-state index in [1.165, 1.54) is 21.8 Å². The second kappa shape index (κ2) is 5.74. The zero-order valence-electron chi connectivity index (χ0n) is 10.7. The smallest absolute Gasteiger partial charge is 0.271 e. The molecule has 3 N–H and O–H groups in total. The lowest BCUT2D eigenvalue weighted by molar-refractivity contribution is -0.116. The number of carbonyl (C=O) groups excluding carboxylic acids is 2.